The normalized spacial score (nSPS) is 16.4. The molecule has 236 valence electrons. The quantitative estimate of drug-likeness (QED) is 0.175. The molecule has 0 fully saturated rings. The first-order valence-electron chi connectivity index (χ1n) is 14.0. The molecule has 5 aromatic rings. The maximum Gasteiger partial charge on any atom is 0.411 e. The van der Waals surface area contributed by atoms with Gasteiger partial charge >= 0.3 is 23.9 Å². The summed E-state index contributed by atoms with van der Waals surface area (Å²) in [6.45, 7) is 2.86. The third kappa shape index (κ3) is 5.41. The van der Waals surface area contributed by atoms with Gasteiger partial charge in [-0.1, -0.05) is 72.8 Å². The summed E-state index contributed by atoms with van der Waals surface area (Å²) in [6, 6.07) is 26.6. The van der Waals surface area contributed by atoms with Gasteiger partial charge in [0.15, 0.2) is 0 Å². The highest BCUT2D eigenvalue weighted by molar-refractivity contribution is 7.16. The average Bonchev–Trinajstić information content (AvgIpc) is 3.63. The van der Waals surface area contributed by atoms with Crippen LogP contribution in [0.5, 0.6) is 0 Å². The van der Waals surface area contributed by atoms with Crippen molar-refractivity contribution in [1.82, 2.24) is 0 Å². The van der Waals surface area contributed by atoms with Gasteiger partial charge in [-0.25, -0.2) is 4.79 Å². The molecular formula is C35H25F6NO2S2. The lowest BCUT2D eigenvalue weighted by atomic mass is 9.94. The zero-order valence-electron chi connectivity index (χ0n) is 24.3. The van der Waals surface area contributed by atoms with Gasteiger partial charge in [0.2, 0.25) is 0 Å². The molecule has 0 saturated carbocycles. The number of allylic oxidation sites excluding steroid dienone is 2. The number of hydrogen-bond donors (Lipinski definition) is 1. The van der Waals surface area contributed by atoms with Gasteiger partial charge in [0.1, 0.15) is 6.61 Å². The van der Waals surface area contributed by atoms with Gasteiger partial charge in [-0.05, 0) is 65.9 Å². The Morgan fingerprint density at radius 2 is 1.13 bits per heavy atom. The zero-order chi connectivity index (χ0) is 32.9. The first kappa shape index (κ1) is 31.6. The molecule has 1 N–H and O–H groups in total. The molecule has 0 bridgehead atoms. The number of nitrogens with one attached hydrogen (secondary N) is 1. The lowest BCUT2D eigenvalue weighted by Crippen LogP contribution is -2.48. The van der Waals surface area contributed by atoms with Crippen molar-refractivity contribution in [2.75, 3.05) is 5.32 Å². The Morgan fingerprint density at radius 3 is 1.63 bits per heavy atom. The lowest BCUT2D eigenvalue weighted by molar-refractivity contribution is -0.254. The average molecular weight is 670 g/mol. The van der Waals surface area contributed by atoms with E-state index in [1.54, 1.807) is 78.9 Å². The van der Waals surface area contributed by atoms with E-state index in [4.69, 9.17) is 4.74 Å². The molecule has 0 unspecified atom stereocenters. The SMILES string of the molecule is Cc1sc(-c2ccccc2)cc1C1=C(c2cc(-c3ccc(COC(=O)Nc4ccccc4)cc3)sc2C)C(F)(F)C(F)(F)C1(F)F. The standard InChI is InChI=1S/C35H25F6NO2S2/c1-20-26(17-28(45-20)23-9-5-3-6-10-23)30-31(34(38,39)35(40,41)33(30,36)37)27-18-29(46-21(27)2)24-15-13-22(14-16-24)19-44-32(43)42-25-11-7-4-8-12-25/h3-18H,19H2,1-2H3,(H,42,43). The van der Waals surface area contributed by atoms with Gasteiger partial charge in [-0.2, -0.15) is 26.3 Å². The van der Waals surface area contributed by atoms with Crippen molar-refractivity contribution >= 4 is 45.6 Å². The second kappa shape index (κ2) is 11.8. The molecule has 46 heavy (non-hydrogen) atoms. The number of benzene rings is 3. The molecule has 2 heterocycles. The Labute approximate surface area is 268 Å². The highest BCUT2D eigenvalue weighted by Gasteiger charge is 2.80. The first-order valence-corrected chi connectivity index (χ1v) is 15.7. The maximum absolute atomic E-state index is 15.6. The van der Waals surface area contributed by atoms with Gasteiger partial charge in [-0.3, -0.25) is 5.32 Å². The molecule has 3 nitrogen and oxygen atoms in total. The van der Waals surface area contributed by atoms with Crippen molar-refractivity contribution < 1.29 is 35.9 Å². The van der Waals surface area contributed by atoms with Crippen molar-refractivity contribution in [3.63, 3.8) is 0 Å². The van der Waals surface area contributed by atoms with Crippen molar-refractivity contribution in [2.45, 2.75) is 38.2 Å². The molecule has 11 heteroatoms. The van der Waals surface area contributed by atoms with E-state index in [2.05, 4.69) is 5.32 Å². The highest BCUT2D eigenvalue weighted by atomic mass is 32.1. The Morgan fingerprint density at radius 1 is 0.674 bits per heavy atom. The number of thiophene rings is 2. The zero-order valence-corrected chi connectivity index (χ0v) is 26.0. The summed E-state index contributed by atoms with van der Waals surface area (Å²) in [5.74, 6) is -15.9. The van der Waals surface area contributed by atoms with Gasteiger partial charge in [0.25, 0.3) is 0 Å². The smallest absolute Gasteiger partial charge is 0.411 e. The number of carbonyl (C=O) groups is 1. The third-order valence-electron chi connectivity index (χ3n) is 7.73. The predicted molar refractivity (Wildman–Crippen MR) is 171 cm³/mol. The number of aryl methyl sites for hydroxylation is 2. The van der Waals surface area contributed by atoms with E-state index in [0.29, 0.717) is 32.1 Å². The Kier molecular flexibility index (Phi) is 8.10. The summed E-state index contributed by atoms with van der Waals surface area (Å²) in [5, 5.41) is 2.60. The third-order valence-corrected chi connectivity index (χ3v) is 9.93. The molecule has 0 spiro atoms. The Bertz CT molecular complexity index is 1930. The maximum atomic E-state index is 15.6. The van der Waals surface area contributed by atoms with Crippen LogP contribution in [0.25, 0.3) is 32.0 Å². The van der Waals surface area contributed by atoms with E-state index < -0.39 is 35.0 Å². The minimum absolute atomic E-state index is 0.0503. The minimum Gasteiger partial charge on any atom is -0.444 e. The monoisotopic (exact) mass is 669 g/mol. The topological polar surface area (TPSA) is 38.3 Å². The summed E-state index contributed by atoms with van der Waals surface area (Å²) < 4.78 is 97.5. The van der Waals surface area contributed by atoms with Gasteiger partial charge in [-0.15, -0.1) is 22.7 Å². The number of hydrogen-bond acceptors (Lipinski definition) is 4. The van der Waals surface area contributed by atoms with E-state index in [1.165, 1.54) is 26.0 Å². The Hall–Kier alpha value is -4.35. The van der Waals surface area contributed by atoms with Crippen molar-refractivity contribution in [2.24, 2.45) is 0 Å². The van der Waals surface area contributed by atoms with E-state index in [1.807, 2.05) is 6.07 Å². The van der Waals surface area contributed by atoms with Gasteiger partial charge in [0, 0.05) is 36.3 Å². The molecule has 1 amide bonds. The molecule has 0 saturated heterocycles. The predicted octanol–water partition coefficient (Wildman–Crippen LogP) is 11.3. The molecule has 0 atom stereocenters. The minimum atomic E-state index is -5.64. The first-order chi connectivity index (χ1) is 21.8. The van der Waals surface area contributed by atoms with Crippen LogP contribution < -0.4 is 5.32 Å². The molecule has 3 aromatic carbocycles. The molecule has 0 radical (unpaired) electrons. The molecule has 1 aliphatic rings. The summed E-state index contributed by atoms with van der Waals surface area (Å²) in [4.78, 5) is 13.4. The van der Waals surface area contributed by atoms with E-state index >= 15 is 26.3 Å². The summed E-state index contributed by atoms with van der Waals surface area (Å²) in [5.41, 5.74) is -0.986. The molecule has 0 aliphatic heterocycles. The molecule has 6 rings (SSSR count). The molecule has 2 aromatic heterocycles. The van der Waals surface area contributed by atoms with Gasteiger partial charge < -0.3 is 4.74 Å². The number of halogens is 6. The van der Waals surface area contributed by atoms with Crippen LogP contribution in [0.1, 0.15) is 26.4 Å². The van der Waals surface area contributed by atoms with Crippen molar-refractivity contribution in [3.05, 3.63) is 124 Å². The number of alkyl halides is 6. The van der Waals surface area contributed by atoms with Crippen LogP contribution in [0.15, 0.2) is 97.1 Å². The number of carbonyl (C=O) groups excluding carboxylic acids is 1. The van der Waals surface area contributed by atoms with Gasteiger partial charge in [0.05, 0.1) is 0 Å². The number of ether oxygens (including phenoxy) is 1. The summed E-state index contributed by atoms with van der Waals surface area (Å²) in [7, 11) is 0. The van der Waals surface area contributed by atoms with E-state index in [9.17, 15) is 4.79 Å². The molecular weight excluding hydrogens is 645 g/mol. The highest BCUT2D eigenvalue weighted by Crippen LogP contribution is 2.66. The largest absolute Gasteiger partial charge is 0.444 e. The second-order valence-electron chi connectivity index (χ2n) is 10.8. The number of rotatable bonds is 7. The summed E-state index contributed by atoms with van der Waals surface area (Å²) >= 11 is 2.11. The molecule has 1 aliphatic carbocycles. The fraction of sp³-hybridized carbons (Fsp3) is 0.171. The van der Waals surface area contributed by atoms with Crippen LogP contribution in [0, 0.1) is 13.8 Å². The van der Waals surface area contributed by atoms with E-state index in [0.717, 1.165) is 22.7 Å². The van der Waals surface area contributed by atoms with Crippen LogP contribution in [0.2, 0.25) is 0 Å². The lowest BCUT2D eigenvalue weighted by Gasteiger charge is -2.25. The fourth-order valence-electron chi connectivity index (χ4n) is 5.37. The van der Waals surface area contributed by atoms with Crippen LogP contribution >= 0.6 is 22.7 Å². The van der Waals surface area contributed by atoms with Crippen LogP contribution in [-0.4, -0.2) is 23.9 Å². The van der Waals surface area contributed by atoms with Crippen LogP contribution in [-0.2, 0) is 11.3 Å². The van der Waals surface area contributed by atoms with Crippen molar-refractivity contribution in [1.29, 1.82) is 0 Å². The number of para-hydroxylation sites is 1. The number of amides is 1. The van der Waals surface area contributed by atoms with Crippen LogP contribution in [0.4, 0.5) is 36.8 Å². The Balaban J connectivity index is 1.33. The van der Waals surface area contributed by atoms with Crippen molar-refractivity contribution in [3.8, 4) is 20.9 Å². The second-order valence-corrected chi connectivity index (χ2v) is 13.3. The fourth-order valence-corrected chi connectivity index (χ4v) is 7.43. The van der Waals surface area contributed by atoms with E-state index in [-0.39, 0.29) is 27.5 Å². The number of anilines is 1. The van der Waals surface area contributed by atoms with Crippen LogP contribution in [0.3, 0.4) is 0 Å². The summed E-state index contributed by atoms with van der Waals surface area (Å²) in [6.07, 6.45) is -0.652.